The zero-order chi connectivity index (χ0) is 14.8. The van der Waals surface area contributed by atoms with E-state index < -0.39 is 10.0 Å². The second-order valence-electron chi connectivity index (χ2n) is 4.56. The SMILES string of the molecule is Cc1ccc(C(C)NS(=O)(=O)c2ccccc2CO)s1. The molecule has 0 fully saturated rings. The number of aliphatic hydroxyl groups excluding tert-OH is 1. The first-order valence-electron chi connectivity index (χ1n) is 6.21. The molecule has 0 amide bonds. The average molecular weight is 311 g/mol. The molecule has 1 aromatic heterocycles. The zero-order valence-electron chi connectivity index (χ0n) is 11.3. The molecule has 1 aromatic carbocycles. The van der Waals surface area contributed by atoms with Gasteiger partial charge in [0, 0.05) is 9.75 Å². The quantitative estimate of drug-likeness (QED) is 0.892. The molecule has 108 valence electrons. The van der Waals surface area contributed by atoms with Crippen molar-refractivity contribution >= 4 is 21.4 Å². The minimum absolute atomic E-state index is 0.127. The van der Waals surface area contributed by atoms with Crippen molar-refractivity contribution in [1.82, 2.24) is 4.72 Å². The summed E-state index contributed by atoms with van der Waals surface area (Å²) in [5.74, 6) is 0. The number of thiophene rings is 1. The number of aliphatic hydroxyl groups is 1. The van der Waals surface area contributed by atoms with Crippen LogP contribution in [0.2, 0.25) is 0 Å². The topological polar surface area (TPSA) is 66.4 Å². The van der Waals surface area contributed by atoms with Crippen LogP contribution in [0.3, 0.4) is 0 Å². The van der Waals surface area contributed by atoms with Gasteiger partial charge < -0.3 is 5.11 Å². The van der Waals surface area contributed by atoms with Gasteiger partial charge in [-0.1, -0.05) is 18.2 Å². The predicted octanol–water partition coefficient (Wildman–Crippen LogP) is 2.59. The molecule has 2 rings (SSSR count). The third-order valence-corrected chi connectivity index (χ3v) is 5.78. The van der Waals surface area contributed by atoms with E-state index in [1.807, 2.05) is 26.0 Å². The number of hydrogen-bond acceptors (Lipinski definition) is 4. The van der Waals surface area contributed by atoms with Crippen molar-refractivity contribution in [2.45, 2.75) is 31.4 Å². The second kappa shape index (κ2) is 6.05. The Balaban J connectivity index is 2.27. The summed E-state index contributed by atoms with van der Waals surface area (Å²) in [5, 5.41) is 9.25. The largest absolute Gasteiger partial charge is 0.392 e. The van der Waals surface area contributed by atoms with Crippen LogP contribution in [0.1, 0.15) is 28.3 Å². The number of benzene rings is 1. The molecule has 0 saturated carbocycles. The maximum atomic E-state index is 12.4. The lowest BCUT2D eigenvalue weighted by Gasteiger charge is -2.14. The van der Waals surface area contributed by atoms with E-state index in [4.69, 9.17) is 0 Å². The lowest BCUT2D eigenvalue weighted by molar-refractivity contribution is 0.278. The molecule has 2 N–H and O–H groups in total. The second-order valence-corrected chi connectivity index (χ2v) is 7.56. The molecule has 0 spiro atoms. The van der Waals surface area contributed by atoms with E-state index in [1.54, 1.807) is 29.5 Å². The molecule has 0 aliphatic heterocycles. The third-order valence-electron chi connectivity index (χ3n) is 2.95. The van der Waals surface area contributed by atoms with E-state index >= 15 is 0 Å². The van der Waals surface area contributed by atoms with Crippen molar-refractivity contribution in [2.75, 3.05) is 0 Å². The van der Waals surface area contributed by atoms with E-state index in [1.165, 1.54) is 6.07 Å². The maximum absolute atomic E-state index is 12.4. The molecule has 0 aliphatic rings. The van der Waals surface area contributed by atoms with Crippen LogP contribution in [0, 0.1) is 6.92 Å². The van der Waals surface area contributed by atoms with Crippen LogP contribution < -0.4 is 4.72 Å². The summed E-state index contributed by atoms with van der Waals surface area (Å²) in [6.45, 7) is 3.49. The van der Waals surface area contributed by atoms with Crippen LogP contribution in [0.5, 0.6) is 0 Å². The Kier molecular flexibility index (Phi) is 4.59. The van der Waals surface area contributed by atoms with Crippen molar-refractivity contribution in [1.29, 1.82) is 0 Å². The average Bonchev–Trinajstić information content (AvgIpc) is 2.85. The molecule has 0 radical (unpaired) electrons. The fraction of sp³-hybridized carbons (Fsp3) is 0.286. The molecule has 2 aromatic rings. The van der Waals surface area contributed by atoms with Crippen LogP contribution in [-0.2, 0) is 16.6 Å². The van der Waals surface area contributed by atoms with Gasteiger partial charge in [-0.15, -0.1) is 11.3 Å². The van der Waals surface area contributed by atoms with Crippen LogP contribution >= 0.6 is 11.3 Å². The van der Waals surface area contributed by atoms with E-state index in [-0.39, 0.29) is 17.5 Å². The highest BCUT2D eigenvalue weighted by molar-refractivity contribution is 7.89. The smallest absolute Gasteiger partial charge is 0.241 e. The minimum atomic E-state index is -3.64. The Morgan fingerprint density at radius 1 is 1.25 bits per heavy atom. The van der Waals surface area contributed by atoms with E-state index in [2.05, 4.69) is 4.72 Å². The van der Waals surface area contributed by atoms with E-state index in [0.717, 1.165) is 9.75 Å². The normalized spacial score (nSPS) is 13.3. The summed E-state index contributed by atoms with van der Waals surface area (Å²) in [7, 11) is -3.64. The molecular formula is C14H17NO3S2. The summed E-state index contributed by atoms with van der Waals surface area (Å²) < 4.78 is 27.4. The molecule has 0 aliphatic carbocycles. The first-order chi connectivity index (χ1) is 9.44. The zero-order valence-corrected chi connectivity index (χ0v) is 13.0. The fourth-order valence-corrected chi connectivity index (χ4v) is 4.35. The van der Waals surface area contributed by atoms with Gasteiger partial charge in [-0.2, -0.15) is 0 Å². The molecule has 0 saturated heterocycles. The molecule has 1 unspecified atom stereocenters. The molecule has 1 atom stereocenters. The van der Waals surface area contributed by atoms with Crippen molar-refractivity contribution in [3.8, 4) is 0 Å². The summed E-state index contributed by atoms with van der Waals surface area (Å²) in [4.78, 5) is 2.23. The Hall–Kier alpha value is -1.21. The highest BCUT2D eigenvalue weighted by Gasteiger charge is 2.21. The maximum Gasteiger partial charge on any atom is 0.241 e. The number of hydrogen-bond donors (Lipinski definition) is 2. The Morgan fingerprint density at radius 3 is 2.55 bits per heavy atom. The van der Waals surface area contributed by atoms with Crippen LogP contribution in [-0.4, -0.2) is 13.5 Å². The van der Waals surface area contributed by atoms with Crippen molar-refractivity contribution < 1.29 is 13.5 Å². The number of sulfonamides is 1. The number of rotatable bonds is 5. The van der Waals surface area contributed by atoms with Gasteiger partial charge in [-0.05, 0) is 37.6 Å². The monoisotopic (exact) mass is 311 g/mol. The van der Waals surface area contributed by atoms with Gasteiger partial charge in [0.05, 0.1) is 17.5 Å². The molecule has 20 heavy (non-hydrogen) atoms. The van der Waals surface area contributed by atoms with Crippen molar-refractivity contribution in [3.05, 3.63) is 51.7 Å². The summed E-state index contributed by atoms with van der Waals surface area (Å²) in [6, 6.07) is 10.0. The predicted molar refractivity (Wildman–Crippen MR) is 80.2 cm³/mol. The molecule has 4 nitrogen and oxygen atoms in total. The molecule has 0 bridgehead atoms. The van der Waals surface area contributed by atoms with Crippen molar-refractivity contribution in [2.24, 2.45) is 0 Å². The molecular weight excluding hydrogens is 294 g/mol. The van der Waals surface area contributed by atoms with Crippen LogP contribution in [0.4, 0.5) is 0 Å². The lowest BCUT2D eigenvalue weighted by atomic mass is 10.2. The van der Waals surface area contributed by atoms with Gasteiger partial charge in [-0.3, -0.25) is 0 Å². The number of nitrogens with one attached hydrogen (secondary N) is 1. The molecule has 1 heterocycles. The minimum Gasteiger partial charge on any atom is -0.392 e. The summed E-state index contributed by atoms with van der Waals surface area (Å²) >= 11 is 1.57. The van der Waals surface area contributed by atoms with Gasteiger partial charge in [0.1, 0.15) is 0 Å². The van der Waals surface area contributed by atoms with Gasteiger partial charge in [-0.25, -0.2) is 13.1 Å². The van der Waals surface area contributed by atoms with Gasteiger partial charge >= 0.3 is 0 Å². The third kappa shape index (κ3) is 3.27. The van der Waals surface area contributed by atoms with Gasteiger partial charge in [0.2, 0.25) is 10.0 Å². The summed E-state index contributed by atoms with van der Waals surface area (Å²) in [6.07, 6.45) is 0. The number of aryl methyl sites for hydroxylation is 1. The lowest BCUT2D eigenvalue weighted by Crippen LogP contribution is -2.27. The standard InChI is InChI=1S/C14H17NO3S2/c1-10-7-8-13(19-10)11(2)15-20(17,18)14-6-4-3-5-12(14)9-16/h3-8,11,15-16H,9H2,1-2H3. The first-order valence-corrected chi connectivity index (χ1v) is 8.51. The fourth-order valence-electron chi connectivity index (χ4n) is 1.94. The Labute approximate surface area is 123 Å². The highest BCUT2D eigenvalue weighted by atomic mass is 32.2. The Bertz CT molecular complexity index is 692. The molecule has 6 heteroatoms. The van der Waals surface area contributed by atoms with Crippen molar-refractivity contribution in [3.63, 3.8) is 0 Å². The van der Waals surface area contributed by atoms with Gasteiger partial charge in [0.25, 0.3) is 0 Å². The van der Waals surface area contributed by atoms with Crippen LogP contribution in [0.25, 0.3) is 0 Å². The first kappa shape index (κ1) is 15.2. The van der Waals surface area contributed by atoms with Crippen LogP contribution in [0.15, 0.2) is 41.3 Å². The van der Waals surface area contributed by atoms with E-state index in [9.17, 15) is 13.5 Å². The highest BCUT2D eigenvalue weighted by Crippen LogP contribution is 2.25. The Morgan fingerprint density at radius 2 is 1.95 bits per heavy atom. The van der Waals surface area contributed by atoms with Gasteiger partial charge in [0.15, 0.2) is 0 Å². The summed E-state index contributed by atoms with van der Waals surface area (Å²) in [5.41, 5.74) is 0.398. The van der Waals surface area contributed by atoms with E-state index in [0.29, 0.717) is 5.56 Å².